The van der Waals surface area contributed by atoms with Gasteiger partial charge in [0.15, 0.2) is 0 Å². The molecule has 0 spiro atoms. The summed E-state index contributed by atoms with van der Waals surface area (Å²) in [5, 5.41) is 0. The minimum Gasteiger partial charge on any atom is -0.389 e. The first-order chi connectivity index (χ1) is 9.34. The van der Waals surface area contributed by atoms with Crippen LogP contribution in [0.15, 0.2) is 18.2 Å². The van der Waals surface area contributed by atoms with Crippen LogP contribution < -0.4 is 5.73 Å². The molecule has 1 aromatic carbocycles. The fourth-order valence-corrected chi connectivity index (χ4v) is 2.40. The van der Waals surface area contributed by atoms with Gasteiger partial charge in [0.1, 0.15) is 10.8 Å². The van der Waals surface area contributed by atoms with Gasteiger partial charge in [-0.1, -0.05) is 38.2 Å². The third kappa shape index (κ3) is 2.31. The van der Waals surface area contributed by atoms with Crippen LogP contribution in [0.25, 0.3) is 0 Å². The van der Waals surface area contributed by atoms with Gasteiger partial charge < -0.3 is 5.73 Å². The van der Waals surface area contributed by atoms with Crippen molar-refractivity contribution in [1.29, 1.82) is 0 Å². The summed E-state index contributed by atoms with van der Waals surface area (Å²) in [5.41, 5.74) is 5.79. The minimum absolute atomic E-state index is 0.0508. The van der Waals surface area contributed by atoms with Crippen LogP contribution in [0.3, 0.4) is 0 Å². The average molecular weight is 294 g/mol. The van der Waals surface area contributed by atoms with Crippen LogP contribution in [0.4, 0.5) is 4.39 Å². The maximum absolute atomic E-state index is 14.2. The fraction of sp³-hybridized carbons (Fsp3) is 0.357. The Morgan fingerprint density at radius 1 is 1.30 bits per heavy atom. The first-order valence-electron chi connectivity index (χ1n) is 6.27. The quantitative estimate of drug-likeness (QED) is 0.679. The van der Waals surface area contributed by atoms with E-state index in [2.05, 4.69) is 0 Å². The maximum Gasteiger partial charge on any atom is 0.233 e. The lowest BCUT2D eigenvalue weighted by Crippen LogP contribution is -2.31. The first kappa shape index (κ1) is 14.6. The highest BCUT2D eigenvalue weighted by Crippen LogP contribution is 2.27. The number of halogens is 1. The third-order valence-electron chi connectivity index (χ3n) is 3.73. The van der Waals surface area contributed by atoms with Crippen molar-refractivity contribution in [3.8, 4) is 0 Å². The van der Waals surface area contributed by atoms with Gasteiger partial charge >= 0.3 is 0 Å². The van der Waals surface area contributed by atoms with Gasteiger partial charge in [-0.15, -0.1) is 0 Å². The molecular weight excluding hydrogens is 279 g/mol. The Morgan fingerprint density at radius 3 is 2.35 bits per heavy atom. The molecule has 0 saturated carbocycles. The summed E-state index contributed by atoms with van der Waals surface area (Å²) in [6, 6.07) is 4.59. The van der Waals surface area contributed by atoms with Crippen LogP contribution in [0, 0.1) is 17.7 Å². The number of benzene rings is 1. The molecule has 0 radical (unpaired) electrons. The predicted molar refractivity (Wildman–Crippen MR) is 76.2 cm³/mol. The van der Waals surface area contributed by atoms with E-state index in [4.69, 9.17) is 18.0 Å². The molecule has 0 aromatic heterocycles. The summed E-state index contributed by atoms with van der Waals surface area (Å²) in [6.07, 6.45) is 0. The maximum atomic E-state index is 14.2. The lowest BCUT2D eigenvalue weighted by molar-refractivity contribution is -0.140. The number of nitrogens with zero attached hydrogens (tertiary/aromatic N) is 1. The summed E-state index contributed by atoms with van der Waals surface area (Å²) in [4.78, 5) is 25.0. The molecule has 0 bridgehead atoms. The SMILES string of the molecule is CC1C(=O)N(Cc2cccc(C(N)=S)c2F)C(=O)C1C. The van der Waals surface area contributed by atoms with Crippen LogP contribution >= 0.6 is 12.2 Å². The molecule has 20 heavy (non-hydrogen) atoms. The highest BCUT2D eigenvalue weighted by Gasteiger charge is 2.42. The van der Waals surface area contributed by atoms with Crippen molar-refractivity contribution in [3.63, 3.8) is 0 Å². The Bertz CT molecular complexity index is 583. The normalized spacial score (nSPS) is 22.4. The minimum atomic E-state index is -0.576. The molecular formula is C14H15FN2O2S. The van der Waals surface area contributed by atoms with Gasteiger partial charge in [0.2, 0.25) is 11.8 Å². The zero-order valence-corrected chi connectivity index (χ0v) is 12.0. The van der Waals surface area contributed by atoms with Crippen molar-refractivity contribution in [2.45, 2.75) is 20.4 Å². The summed E-state index contributed by atoms with van der Waals surface area (Å²) in [7, 11) is 0. The van der Waals surface area contributed by atoms with Crippen molar-refractivity contribution < 1.29 is 14.0 Å². The Labute approximate surface area is 121 Å². The van der Waals surface area contributed by atoms with Crippen LogP contribution in [0.2, 0.25) is 0 Å². The molecule has 6 heteroatoms. The van der Waals surface area contributed by atoms with E-state index >= 15 is 0 Å². The number of hydrogen-bond acceptors (Lipinski definition) is 3. The van der Waals surface area contributed by atoms with E-state index in [9.17, 15) is 14.0 Å². The summed E-state index contributed by atoms with van der Waals surface area (Å²) in [5.74, 6) is -1.87. The van der Waals surface area contributed by atoms with E-state index in [1.165, 1.54) is 12.1 Å². The highest BCUT2D eigenvalue weighted by molar-refractivity contribution is 7.80. The number of imide groups is 1. The molecule has 1 fully saturated rings. The van der Waals surface area contributed by atoms with E-state index in [1.54, 1.807) is 19.9 Å². The number of carbonyl (C=O) groups is 2. The monoisotopic (exact) mass is 294 g/mol. The second kappa shape index (κ2) is 5.28. The Morgan fingerprint density at radius 2 is 1.85 bits per heavy atom. The Kier molecular flexibility index (Phi) is 3.85. The lowest BCUT2D eigenvalue weighted by atomic mass is 10.00. The molecule has 1 saturated heterocycles. The van der Waals surface area contributed by atoms with Crippen molar-refractivity contribution in [3.05, 3.63) is 35.1 Å². The summed E-state index contributed by atoms with van der Waals surface area (Å²) < 4.78 is 14.2. The van der Waals surface area contributed by atoms with Crippen molar-refractivity contribution in [2.75, 3.05) is 0 Å². The predicted octanol–water partition coefficient (Wildman–Crippen LogP) is 1.60. The van der Waals surface area contributed by atoms with Gasteiger partial charge in [0.25, 0.3) is 0 Å². The second-order valence-electron chi connectivity index (χ2n) is 4.98. The average Bonchev–Trinajstić information content (AvgIpc) is 2.58. The van der Waals surface area contributed by atoms with Gasteiger partial charge in [-0.3, -0.25) is 14.5 Å². The number of hydrogen-bond donors (Lipinski definition) is 1. The molecule has 2 unspecified atom stereocenters. The van der Waals surface area contributed by atoms with Gasteiger partial charge in [-0.25, -0.2) is 4.39 Å². The summed E-state index contributed by atoms with van der Waals surface area (Å²) >= 11 is 4.77. The van der Waals surface area contributed by atoms with E-state index in [0.717, 1.165) is 4.90 Å². The number of nitrogens with two attached hydrogens (primary N) is 1. The number of amides is 2. The Hall–Kier alpha value is -1.82. The topological polar surface area (TPSA) is 63.4 Å². The van der Waals surface area contributed by atoms with E-state index < -0.39 is 5.82 Å². The molecule has 2 atom stereocenters. The van der Waals surface area contributed by atoms with E-state index in [-0.39, 0.29) is 46.3 Å². The summed E-state index contributed by atoms with van der Waals surface area (Å²) in [6.45, 7) is 3.31. The number of likely N-dealkylation sites (tertiary alicyclic amines) is 1. The van der Waals surface area contributed by atoms with Crippen LogP contribution in [0.5, 0.6) is 0 Å². The molecule has 1 aromatic rings. The standard InChI is InChI=1S/C14H15FN2O2S/c1-7-8(2)14(19)17(13(7)18)6-9-4-3-5-10(11(9)15)12(16)20/h3-5,7-8H,6H2,1-2H3,(H2,16,20). The highest BCUT2D eigenvalue weighted by atomic mass is 32.1. The largest absolute Gasteiger partial charge is 0.389 e. The zero-order valence-electron chi connectivity index (χ0n) is 11.2. The van der Waals surface area contributed by atoms with Gasteiger partial charge in [-0.2, -0.15) is 0 Å². The van der Waals surface area contributed by atoms with Gasteiger partial charge in [0, 0.05) is 23.0 Å². The zero-order chi connectivity index (χ0) is 15.0. The van der Waals surface area contributed by atoms with Crippen LogP contribution in [-0.2, 0) is 16.1 Å². The van der Waals surface area contributed by atoms with Crippen molar-refractivity contribution >= 4 is 29.0 Å². The molecule has 0 aliphatic carbocycles. The van der Waals surface area contributed by atoms with Gasteiger partial charge in [0.05, 0.1) is 6.54 Å². The number of thiocarbonyl (C=S) groups is 1. The molecule has 1 aliphatic heterocycles. The van der Waals surface area contributed by atoms with Crippen LogP contribution in [-0.4, -0.2) is 21.7 Å². The van der Waals surface area contributed by atoms with Gasteiger partial charge in [-0.05, 0) is 6.07 Å². The van der Waals surface area contributed by atoms with E-state index in [1.807, 2.05) is 0 Å². The first-order valence-corrected chi connectivity index (χ1v) is 6.67. The fourth-order valence-electron chi connectivity index (χ4n) is 2.25. The smallest absolute Gasteiger partial charge is 0.233 e. The number of rotatable bonds is 3. The van der Waals surface area contributed by atoms with Crippen LogP contribution in [0.1, 0.15) is 25.0 Å². The molecule has 1 heterocycles. The molecule has 4 nitrogen and oxygen atoms in total. The van der Waals surface area contributed by atoms with E-state index in [0.29, 0.717) is 0 Å². The Balaban J connectivity index is 2.32. The second-order valence-corrected chi connectivity index (χ2v) is 5.42. The molecule has 2 N–H and O–H groups in total. The van der Waals surface area contributed by atoms with Crippen molar-refractivity contribution in [1.82, 2.24) is 4.90 Å². The molecule has 2 amide bonds. The van der Waals surface area contributed by atoms with Crippen molar-refractivity contribution in [2.24, 2.45) is 17.6 Å². The third-order valence-corrected chi connectivity index (χ3v) is 3.95. The molecule has 2 rings (SSSR count). The molecule has 106 valence electrons. The molecule has 1 aliphatic rings. The number of carbonyl (C=O) groups excluding carboxylic acids is 2. The lowest BCUT2D eigenvalue weighted by Gasteiger charge is -2.16.